The van der Waals surface area contributed by atoms with Gasteiger partial charge in [-0.3, -0.25) is 0 Å². The molecule has 186 valence electrons. The Morgan fingerprint density at radius 2 is 0.972 bits per heavy atom. The van der Waals surface area contributed by atoms with Crippen molar-refractivity contribution in [3.05, 3.63) is 132 Å². The van der Waals surface area contributed by atoms with Gasteiger partial charge in [0, 0.05) is 0 Å². The fourth-order valence-electron chi connectivity index (χ4n) is 5.12. The first-order chi connectivity index (χ1) is 17.2. The molecule has 0 bridgehead atoms. The number of anilines is 1. The molecular formula is C33H37BrNP. The number of hydrogen-bond acceptors (Lipinski definition) is 1. The molecule has 3 heteroatoms. The molecule has 0 saturated carbocycles. The molecule has 0 aliphatic carbocycles. The maximum absolute atomic E-state index is 4.54. The Balaban J connectivity index is 2.02. The zero-order valence-corrected chi connectivity index (χ0v) is 24.4. The SMILES string of the molecule is CC(=CP(Br)(c1ccccc1)(c1ccccc1)c1ccccc1)Nc1c(C(C)C)cccc1C(C)C. The van der Waals surface area contributed by atoms with Gasteiger partial charge in [0.15, 0.2) is 0 Å². The fraction of sp³-hybridized carbons (Fsp3) is 0.212. The summed E-state index contributed by atoms with van der Waals surface area (Å²) in [6.45, 7) is 11.3. The standard InChI is InChI=1S/C33H37BrNP/c1-25(2)31-22-15-23-32(26(3)4)33(31)35-27(5)24-36(34,28-16-9-6-10-17-28,29-18-11-7-12-19-29)30-20-13-8-14-21-30/h6-26,35H,1-5H3. The first-order valence-corrected chi connectivity index (χ1v) is 17.1. The van der Waals surface area contributed by atoms with Gasteiger partial charge in [-0.15, -0.1) is 0 Å². The minimum atomic E-state index is -3.16. The molecule has 1 N–H and O–H groups in total. The first-order valence-electron chi connectivity index (χ1n) is 12.7. The number of benzene rings is 4. The molecule has 0 spiro atoms. The zero-order valence-electron chi connectivity index (χ0n) is 21.9. The van der Waals surface area contributed by atoms with Gasteiger partial charge < -0.3 is 0 Å². The molecule has 0 saturated heterocycles. The number of para-hydroxylation sites is 1. The van der Waals surface area contributed by atoms with Gasteiger partial charge in [-0.05, 0) is 0 Å². The molecule has 0 heterocycles. The Bertz CT molecular complexity index is 1200. The second-order valence-electron chi connectivity index (χ2n) is 10.1. The molecule has 0 radical (unpaired) electrons. The van der Waals surface area contributed by atoms with Gasteiger partial charge in [0.05, 0.1) is 0 Å². The Hall–Kier alpha value is -2.67. The summed E-state index contributed by atoms with van der Waals surface area (Å²) in [5.41, 5.74) is 5.07. The third-order valence-corrected chi connectivity index (χ3v) is 16.0. The second kappa shape index (κ2) is 10.8. The summed E-state index contributed by atoms with van der Waals surface area (Å²) < 4.78 is 0. The predicted molar refractivity (Wildman–Crippen MR) is 166 cm³/mol. The molecule has 0 aliphatic rings. The van der Waals surface area contributed by atoms with E-state index in [2.05, 4.69) is 170 Å². The molecule has 0 amide bonds. The van der Waals surface area contributed by atoms with Crippen molar-refractivity contribution in [2.45, 2.75) is 46.5 Å². The topological polar surface area (TPSA) is 12.0 Å². The van der Waals surface area contributed by atoms with Crippen LogP contribution in [-0.4, -0.2) is 0 Å². The van der Waals surface area contributed by atoms with Crippen molar-refractivity contribution in [3.63, 3.8) is 0 Å². The summed E-state index contributed by atoms with van der Waals surface area (Å²) in [5, 5.41) is 4.57. The van der Waals surface area contributed by atoms with Crippen LogP contribution in [0.5, 0.6) is 0 Å². The molecule has 0 aliphatic heterocycles. The van der Waals surface area contributed by atoms with E-state index < -0.39 is 5.31 Å². The number of halogens is 1. The van der Waals surface area contributed by atoms with Gasteiger partial charge in [-0.1, -0.05) is 0 Å². The average Bonchev–Trinajstić information content (AvgIpc) is 2.90. The van der Waals surface area contributed by atoms with Crippen molar-refractivity contribution in [1.29, 1.82) is 0 Å². The van der Waals surface area contributed by atoms with Crippen LogP contribution in [0, 0.1) is 0 Å². The van der Waals surface area contributed by atoms with Crippen molar-refractivity contribution in [2.75, 3.05) is 5.32 Å². The third kappa shape index (κ3) is 4.82. The van der Waals surface area contributed by atoms with Crippen LogP contribution in [0.15, 0.2) is 121 Å². The van der Waals surface area contributed by atoms with Crippen LogP contribution in [0.25, 0.3) is 0 Å². The van der Waals surface area contributed by atoms with Crippen LogP contribution >= 0.6 is 20.8 Å². The second-order valence-corrected chi connectivity index (χ2v) is 18.5. The fourth-order valence-corrected chi connectivity index (χ4v) is 12.6. The zero-order chi connectivity index (χ0) is 25.8. The molecule has 4 rings (SSSR count). The number of nitrogens with one attached hydrogen (secondary N) is 1. The van der Waals surface area contributed by atoms with Crippen molar-refractivity contribution < 1.29 is 0 Å². The van der Waals surface area contributed by atoms with Gasteiger partial charge in [-0.2, -0.15) is 0 Å². The van der Waals surface area contributed by atoms with Crippen LogP contribution in [0.1, 0.15) is 57.6 Å². The van der Waals surface area contributed by atoms with Crippen LogP contribution < -0.4 is 21.2 Å². The van der Waals surface area contributed by atoms with E-state index in [1.165, 1.54) is 32.7 Å². The maximum atomic E-state index is 4.54. The van der Waals surface area contributed by atoms with Crippen LogP contribution in [0.3, 0.4) is 0 Å². The molecular weight excluding hydrogens is 521 g/mol. The van der Waals surface area contributed by atoms with E-state index in [4.69, 9.17) is 0 Å². The van der Waals surface area contributed by atoms with Gasteiger partial charge in [0.1, 0.15) is 0 Å². The monoisotopic (exact) mass is 557 g/mol. The summed E-state index contributed by atoms with van der Waals surface area (Å²) in [7, 11) is 0. The van der Waals surface area contributed by atoms with Crippen molar-refractivity contribution >= 4 is 42.4 Å². The van der Waals surface area contributed by atoms with Crippen molar-refractivity contribution in [1.82, 2.24) is 0 Å². The van der Waals surface area contributed by atoms with E-state index in [9.17, 15) is 0 Å². The Labute approximate surface area is 225 Å². The normalized spacial score (nSPS) is 13.4. The first kappa shape index (κ1) is 26.4. The Kier molecular flexibility index (Phi) is 7.88. The molecule has 4 aromatic rings. The number of allylic oxidation sites excluding steroid dienone is 1. The van der Waals surface area contributed by atoms with Gasteiger partial charge in [0.25, 0.3) is 0 Å². The molecule has 0 unspecified atom stereocenters. The molecule has 0 aromatic heterocycles. The minimum absolute atomic E-state index is 0.426. The van der Waals surface area contributed by atoms with Crippen molar-refractivity contribution in [2.24, 2.45) is 0 Å². The van der Waals surface area contributed by atoms with Crippen molar-refractivity contribution in [3.8, 4) is 0 Å². The predicted octanol–water partition coefficient (Wildman–Crippen LogP) is 9.05. The molecule has 4 aromatic carbocycles. The van der Waals surface area contributed by atoms with Gasteiger partial charge >= 0.3 is 226 Å². The van der Waals surface area contributed by atoms with Gasteiger partial charge in [0.2, 0.25) is 0 Å². The molecule has 0 fully saturated rings. The summed E-state index contributed by atoms with van der Waals surface area (Å²) in [6, 6.07) is 39.4. The summed E-state index contributed by atoms with van der Waals surface area (Å²) >= 11 is 4.54. The van der Waals surface area contributed by atoms with Crippen LogP contribution in [0.2, 0.25) is 0 Å². The number of hydrogen-bond donors (Lipinski definition) is 1. The Morgan fingerprint density at radius 3 is 1.31 bits per heavy atom. The van der Waals surface area contributed by atoms with E-state index in [0.717, 1.165) is 5.70 Å². The summed E-state index contributed by atoms with van der Waals surface area (Å²) in [4.78, 5) is 0. The quantitative estimate of drug-likeness (QED) is 0.213. The van der Waals surface area contributed by atoms with Crippen LogP contribution in [0.4, 0.5) is 5.69 Å². The molecule has 36 heavy (non-hydrogen) atoms. The average molecular weight is 559 g/mol. The number of rotatable bonds is 8. The van der Waals surface area contributed by atoms with Crippen LogP contribution in [-0.2, 0) is 0 Å². The van der Waals surface area contributed by atoms with E-state index in [-0.39, 0.29) is 0 Å². The van der Waals surface area contributed by atoms with E-state index in [0.29, 0.717) is 11.8 Å². The summed E-state index contributed by atoms with van der Waals surface area (Å²) in [6.07, 6.45) is 0. The van der Waals surface area contributed by atoms with E-state index in [1.807, 2.05) is 0 Å². The van der Waals surface area contributed by atoms with Gasteiger partial charge in [-0.25, -0.2) is 0 Å². The Morgan fingerprint density at radius 1 is 0.611 bits per heavy atom. The third-order valence-electron chi connectivity index (χ3n) is 6.91. The van der Waals surface area contributed by atoms with E-state index >= 15 is 0 Å². The van der Waals surface area contributed by atoms with E-state index in [1.54, 1.807) is 0 Å². The summed E-state index contributed by atoms with van der Waals surface area (Å²) in [5.74, 6) is 3.33. The molecule has 0 atom stereocenters. The molecule has 1 nitrogen and oxygen atoms in total.